The van der Waals surface area contributed by atoms with Crippen LogP contribution in [0.25, 0.3) is 0 Å². The first-order valence-corrected chi connectivity index (χ1v) is 30.7. The van der Waals surface area contributed by atoms with E-state index in [-0.39, 0.29) is 35.9 Å². The summed E-state index contributed by atoms with van der Waals surface area (Å²) in [7, 11) is 6.64. The summed E-state index contributed by atoms with van der Waals surface area (Å²) in [6.45, 7) is 7.64. The van der Waals surface area contributed by atoms with Crippen LogP contribution in [0.1, 0.15) is 113 Å². The van der Waals surface area contributed by atoms with Crippen LogP contribution in [0.2, 0.25) is 10.0 Å². The Morgan fingerprint density at radius 1 is 0.605 bits per heavy atom. The number of hydrogen-bond acceptors (Lipinski definition) is 18. The fourth-order valence-corrected chi connectivity index (χ4v) is 11.7. The van der Waals surface area contributed by atoms with Crippen LogP contribution in [0.15, 0.2) is 48.5 Å². The topological polar surface area (TPSA) is 334 Å². The number of amides is 4. The first-order chi connectivity index (χ1) is 41.3. The Morgan fingerprint density at radius 3 is 1.33 bits per heavy atom. The van der Waals surface area contributed by atoms with Gasteiger partial charge in [0.25, 0.3) is 0 Å². The molecular formula is C60H94Cl2N6O18. The SMILES string of the molecule is CN[C@H](CCC(=O)N1CCC[C@@H]([C@@H](OCCNC(=O)OC)c2cccc(Cl)c2)C1)C[C@H]1CCCOC1.CN[C@H](CCC(=O)N1CCC[C@@H]([C@@H](OCCNC(=O)OC)c2cccc(Cl)c2)C1)C[C@H]1CCCOC1.O=C(O)[C@@H](O)[C@H](O)[C@H](O)[C@@H](O)C(=O)O. The Bertz CT molecular complexity index is 2180. The summed E-state index contributed by atoms with van der Waals surface area (Å²) in [6, 6.07) is 16.0. The van der Waals surface area contributed by atoms with Crippen molar-refractivity contribution in [2.75, 3.05) is 107 Å². The number of nitrogens with zero attached hydrogens (tertiary/aromatic N) is 2. The van der Waals surface area contributed by atoms with Crippen LogP contribution in [0.3, 0.4) is 0 Å². The molecule has 4 heterocycles. The quantitative estimate of drug-likeness (QED) is 0.0482. The van der Waals surface area contributed by atoms with Crippen LogP contribution in [0, 0.1) is 23.7 Å². The first-order valence-electron chi connectivity index (χ1n) is 29.9. The zero-order valence-electron chi connectivity index (χ0n) is 50.2. The number of piperidine rings is 2. The van der Waals surface area contributed by atoms with Gasteiger partial charge >= 0.3 is 24.1 Å². The minimum Gasteiger partial charge on any atom is -0.479 e. The van der Waals surface area contributed by atoms with Crippen molar-refractivity contribution in [1.29, 1.82) is 0 Å². The van der Waals surface area contributed by atoms with Crippen LogP contribution >= 0.6 is 23.2 Å². The number of alkyl carbamates (subject to hydrolysis) is 2. The van der Waals surface area contributed by atoms with Crippen molar-refractivity contribution in [3.63, 3.8) is 0 Å². The number of halogens is 2. The van der Waals surface area contributed by atoms with Crippen LogP contribution < -0.4 is 21.3 Å². The number of carboxylic acids is 2. The summed E-state index contributed by atoms with van der Waals surface area (Å²) < 4.78 is 33.0. The predicted octanol–water partition coefficient (Wildman–Crippen LogP) is 4.95. The van der Waals surface area contributed by atoms with Crippen LogP contribution in [-0.2, 0) is 47.6 Å². The molecule has 486 valence electrons. The largest absolute Gasteiger partial charge is 0.479 e. The highest BCUT2D eigenvalue weighted by Crippen LogP contribution is 2.36. The number of nitrogens with one attached hydrogen (secondary N) is 4. The molecule has 86 heavy (non-hydrogen) atoms. The molecule has 0 unspecified atom stereocenters. The summed E-state index contributed by atoms with van der Waals surface area (Å²) >= 11 is 12.6. The molecule has 0 aliphatic carbocycles. The van der Waals surface area contributed by atoms with Crippen molar-refractivity contribution in [3.05, 3.63) is 69.7 Å². The van der Waals surface area contributed by atoms with Crippen molar-refractivity contribution in [3.8, 4) is 0 Å². The Labute approximate surface area is 515 Å². The number of carboxylic acid groups (broad SMARTS) is 2. The summed E-state index contributed by atoms with van der Waals surface area (Å²) in [6.07, 6.45) is 2.65. The normalized spacial score (nSPS) is 21.6. The lowest BCUT2D eigenvalue weighted by Gasteiger charge is -2.37. The molecule has 0 saturated carbocycles. The molecule has 4 amide bonds. The van der Waals surface area contributed by atoms with Gasteiger partial charge in [0.1, 0.15) is 12.2 Å². The monoisotopic (exact) mass is 1260 g/mol. The molecule has 0 aromatic heterocycles. The highest BCUT2D eigenvalue weighted by Gasteiger charge is 2.38. The lowest BCUT2D eigenvalue weighted by atomic mass is 9.88. The number of hydrogen-bond donors (Lipinski definition) is 10. The number of carbonyl (C=O) groups excluding carboxylic acids is 4. The van der Waals surface area contributed by atoms with Crippen molar-refractivity contribution < 1.29 is 87.8 Å². The zero-order valence-corrected chi connectivity index (χ0v) is 51.7. The van der Waals surface area contributed by atoms with E-state index in [4.69, 9.17) is 72.8 Å². The first kappa shape index (κ1) is 73.5. The van der Waals surface area contributed by atoms with Gasteiger partial charge in [0.15, 0.2) is 12.2 Å². The number of likely N-dealkylation sites (tertiary alicyclic amines) is 2. The molecule has 0 bridgehead atoms. The van der Waals surface area contributed by atoms with E-state index in [9.17, 15) is 28.8 Å². The zero-order chi connectivity index (χ0) is 63.0. The van der Waals surface area contributed by atoms with E-state index in [1.165, 1.54) is 27.1 Å². The molecule has 4 fully saturated rings. The smallest absolute Gasteiger partial charge is 0.406 e. The number of aliphatic carboxylic acids is 2. The van der Waals surface area contributed by atoms with Gasteiger partial charge in [-0.3, -0.25) is 9.59 Å². The van der Waals surface area contributed by atoms with Crippen molar-refractivity contribution in [2.45, 2.75) is 139 Å². The van der Waals surface area contributed by atoms with E-state index in [2.05, 4.69) is 30.7 Å². The third-order valence-corrected chi connectivity index (χ3v) is 16.5. The highest BCUT2D eigenvalue weighted by atomic mass is 35.5. The maximum Gasteiger partial charge on any atom is 0.406 e. The second kappa shape index (κ2) is 40.6. The lowest BCUT2D eigenvalue weighted by Crippen LogP contribution is -2.49. The van der Waals surface area contributed by atoms with Gasteiger partial charge in [-0.15, -0.1) is 0 Å². The van der Waals surface area contributed by atoms with Gasteiger partial charge in [-0.05, 0) is 138 Å². The molecule has 4 aliphatic heterocycles. The Morgan fingerprint density at radius 2 is 1.00 bits per heavy atom. The molecule has 10 N–H and O–H groups in total. The van der Waals surface area contributed by atoms with Crippen molar-refractivity contribution >= 4 is 59.1 Å². The van der Waals surface area contributed by atoms with Gasteiger partial charge in [-0.1, -0.05) is 47.5 Å². The molecular weight excluding hydrogens is 1160 g/mol. The molecule has 0 spiro atoms. The third-order valence-electron chi connectivity index (χ3n) is 16.0. The van der Waals surface area contributed by atoms with E-state index in [0.29, 0.717) is 86.2 Å². The molecule has 4 aliphatic rings. The maximum absolute atomic E-state index is 13.2. The van der Waals surface area contributed by atoms with E-state index in [1.54, 1.807) is 0 Å². The predicted molar refractivity (Wildman–Crippen MR) is 319 cm³/mol. The minimum absolute atomic E-state index is 0.152. The summed E-state index contributed by atoms with van der Waals surface area (Å²) in [4.78, 5) is 73.3. The van der Waals surface area contributed by atoms with E-state index in [1.807, 2.05) is 72.4 Å². The molecule has 2 aromatic rings. The molecule has 24 nitrogen and oxygen atoms in total. The van der Waals surface area contributed by atoms with Crippen molar-refractivity contribution in [2.24, 2.45) is 23.7 Å². The van der Waals surface area contributed by atoms with Gasteiger partial charge in [-0.25, -0.2) is 19.2 Å². The van der Waals surface area contributed by atoms with Crippen molar-refractivity contribution in [1.82, 2.24) is 31.1 Å². The number of aliphatic hydroxyl groups excluding tert-OH is 4. The maximum atomic E-state index is 13.2. The third kappa shape index (κ3) is 26.4. The van der Waals surface area contributed by atoms with Crippen LogP contribution in [-0.4, -0.2) is 220 Å². The fraction of sp³-hybridized carbons (Fsp3) is 0.700. The summed E-state index contributed by atoms with van der Waals surface area (Å²) in [5.74, 6) is -1.81. The number of methoxy groups -OCH3 is 2. The van der Waals surface area contributed by atoms with E-state index >= 15 is 0 Å². The van der Waals surface area contributed by atoms with Crippen LogP contribution in [0.4, 0.5) is 9.59 Å². The number of aliphatic hydroxyl groups is 4. The lowest BCUT2D eigenvalue weighted by molar-refractivity contribution is -0.172. The Hall–Kier alpha value is -4.96. The molecule has 12 atom stereocenters. The fourth-order valence-electron chi connectivity index (χ4n) is 11.3. The molecule has 4 saturated heterocycles. The van der Waals surface area contributed by atoms with E-state index < -0.39 is 48.5 Å². The molecule has 2 aromatic carbocycles. The second-order valence-corrected chi connectivity index (χ2v) is 23.1. The molecule has 0 radical (unpaired) electrons. The van der Waals surface area contributed by atoms with Gasteiger partial charge in [0.05, 0.1) is 39.6 Å². The average Bonchev–Trinajstić information content (AvgIpc) is 3.39. The average molecular weight is 1260 g/mol. The number of ether oxygens (including phenoxy) is 6. The van der Waals surface area contributed by atoms with Crippen LogP contribution in [0.5, 0.6) is 0 Å². The summed E-state index contributed by atoms with van der Waals surface area (Å²) in [5, 5.41) is 64.9. The standard InChI is InChI=1S/2C27H42ClN3O5.C6H10O8/c2*1-29-24(16-20-6-5-14-35-19-20)10-11-25(32)31-13-4-8-22(18-31)26(21-7-3-9-23(28)17-21)36-15-12-30-27(33)34-2;7-1(3(9)5(11)12)2(8)4(10)6(13)14/h2*3,7,9,17,20,22,24,26,29H,4-6,8,10-16,18-19H2,1-2H3,(H,30,33);1-4,7-10H,(H,11,12)(H,13,14)/t2*20-,22-,24-,26+;1-,2+,3+,4-/m11./s1. The van der Waals surface area contributed by atoms with Gasteiger partial charge in [-0.2, -0.15) is 0 Å². The highest BCUT2D eigenvalue weighted by molar-refractivity contribution is 6.30. The van der Waals surface area contributed by atoms with Gasteiger partial charge in [0.2, 0.25) is 11.8 Å². The number of benzene rings is 2. The summed E-state index contributed by atoms with van der Waals surface area (Å²) in [5.41, 5.74) is 1.98. The minimum atomic E-state index is -2.36. The second-order valence-electron chi connectivity index (χ2n) is 22.2. The van der Waals surface area contributed by atoms with Gasteiger partial charge < -0.3 is 90.1 Å². The molecule has 6 rings (SSSR count). The Kier molecular flexibility index (Phi) is 34.7. The molecule has 26 heteroatoms. The number of rotatable bonds is 29. The van der Waals surface area contributed by atoms with E-state index in [0.717, 1.165) is 115 Å². The number of carbonyl (C=O) groups is 6. The van der Waals surface area contributed by atoms with Gasteiger partial charge in [0, 0.05) is 113 Å². The Balaban J connectivity index is 0.000000303.